The van der Waals surface area contributed by atoms with E-state index < -0.39 is 81.8 Å². The fraction of sp³-hybridized carbons (Fsp3) is 0.731. The highest BCUT2D eigenvalue weighted by atomic mass is 16.7. The molecule has 0 saturated heterocycles. The number of carbonyl (C=O) groups excluding carboxylic acids is 5. The Hall–Kier alpha value is -2.91. The number of esters is 5. The van der Waals surface area contributed by atoms with Crippen LogP contribution >= 0.6 is 0 Å². The second-order valence-electron chi connectivity index (χ2n) is 12.8. The summed E-state index contributed by atoms with van der Waals surface area (Å²) < 4.78 is 27.1. The molecule has 36 heavy (non-hydrogen) atoms. The molecule has 10 nitrogen and oxygen atoms in total. The minimum atomic E-state index is -1.51. The SMILES string of the molecule is CC(C)(C)C(=O)OC[C@H](OC(=O)C(C)(C)C)[C@H]1OC(=O)C(OC(=O)C(C)(C)C)=C1OC(=O)C(C)(C)C. The highest BCUT2D eigenvalue weighted by Crippen LogP contribution is 2.33. The molecule has 1 rings (SSSR count). The quantitative estimate of drug-likeness (QED) is 0.382. The topological polar surface area (TPSA) is 132 Å². The van der Waals surface area contributed by atoms with Crippen LogP contribution < -0.4 is 0 Å². The van der Waals surface area contributed by atoms with Crippen molar-refractivity contribution < 1.29 is 47.7 Å². The van der Waals surface area contributed by atoms with Crippen molar-refractivity contribution in [2.24, 2.45) is 21.7 Å². The van der Waals surface area contributed by atoms with Gasteiger partial charge in [0, 0.05) is 0 Å². The van der Waals surface area contributed by atoms with E-state index in [1.165, 1.54) is 0 Å². The van der Waals surface area contributed by atoms with Crippen molar-refractivity contribution in [3.8, 4) is 0 Å². The van der Waals surface area contributed by atoms with Gasteiger partial charge >= 0.3 is 29.8 Å². The Balaban J connectivity index is 3.55. The maximum absolute atomic E-state index is 12.8. The summed E-state index contributed by atoms with van der Waals surface area (Å²) in [6.07, 6.45) is -2.90. The Bertz CT molecular complexity index is 930. The van der Waals surface area contributed by atoms with Crippen LogP contribution in [0.25, 0.3) is 0 Å². The monoisotopic (exact) mass is 512 g/mol. The van der Waals surface area contributed by atoms with Crippen molar-refractivity contribution in [3.63, 3.8) is 0 Å². The third-order valence-corrected chi connectivity index (χ3v) is 4.72. The van der Waals surface area contributed by atoms with Gasteiger partial charge in [0.15, 0.2) is 6.10 Å². The van der Waals surface area contributed by atoms with E-state index in [-0.39, 0.29) is 0 Å². The van der Waals surface area contributed by atoms with E-state index in [1.54, 1.807) is 83.1 Å². The first kappa shape index (κ1) is 31.1. The Kier molecular flexibility index (Phi) is 9.16. The average Bonchev–Trinajstić information content (AvgIpc) is 2.97. The Morgan fingerprint density at radius 2 is 1.11 bits per heavy atom. The van der Waals surface area contributed by atoms with E-state index in [2.05, 4.69) is 0 Å². The molecule has 0 aromatic carbocycles. The van der Waals surface area contributed by atoms with E-state index in [9.17, 15) is 24.0 Å². The van der Waals surface area contributed by atoms with Crippen LogP contribution in [0.2, 0.25) is 0 Å². The molecule has 1 heterocycles. The summed E-state index contributed by atoms with van der Waals surface area (Å²) in [6, 6.07) is 0. The molecule has 0 fully saturated rings. The van der Waals surface area contributed by atoms with Crippen molar-refractivity contribution >= 4 is 29.8 Å². The maximum Gasteiger partial charge on any atom is 0.379 e. The lowest BCUT2D eigenvalue weighted by Crippen LogP contribution is -2.42. The van der Waals surface area contributed by atoms with E-state index in [4.69, 9.17) is 23.7 Å². The summed E-state index contributed by atoms with van der Waals surface area (Å²) in [6.45, 7) is 18.8. The fourth-order valence-corrected chi connectivity index (χ4v) is 2.26. The third kappa shape index (κ3) is 8.34. The van der Waals surface area contributed by atoms with Crippen LogP contribution in [0.3, 0.4) is 0 Å². The zero-order chi connectivity index (χ0) is 28.4. The van der Waals surface area contributed by atoms with Gasteiger partial charge in [0.05, 0.1) is 21.7 Å². The van der Waals surface area contributed by atoms with Crippen molar-refractivity contribution in [3.05, 3.63) is 11.5 Å². The van der Waals surface area contributed by atoms with Gasteiger partial charge in [-0.3, -0.25) is 19.2 Å². The number of cyclic esters (lactones) is 1. The van der Waals surface area contributed by atoms with E-state index in [0.717, 1.165) is 0 Å². The van der Waals surface area contributed by atoms with E-state index >= 15 is 0 Å². The Morgan fingerprint density at radius 3 is 1.53 bits per heavy atom. The third-order valence-electron chi connectivity index (χ3n) is 4.72. The summed E-state index contributed by atoms with van der Waals surface area (Å²) in [5, 5.41) is 0. The minimum absolute atomic E-state index is 0.434. The molecule has 0 aromatic rings. The molecule has 0 N–H and O–H groups in total. The average molecular weight is 513 g/mol. The molecule has 0 unspecified atom stereocenters. The standard InChI is InChI=1S/C26H40O10/c1-23(2,3)19(28)32-13-14(33-20(29)24(4,5)6)15-16(35-21(30)25(7,8)9)17(18(27)34-15)36-22(31)26(10,11)12/h14-15H,13H2,1-12H3/t14-,15+/m0/s1. The van der Waals surface area contributed by atoms with Gasteiger partial charge in [-0.2, -0.15) is 0 Å². The van der Waals surface area contributed by atoms with Gasteiger partial charge in [-0.05, 0) is 83.1 Å². The van der Waals surface area contributed by atoms with Crippen molar-refractivity contribution in [1.82, 2.24) is 0 Å². The fourth-order valence-electron chi connectivity index (χ4n) is 2.26. The van der Waals surface area contributed by atoms with E-state index in [0.29, 0.717) is 0 Å². The van der Waals surface area contributed by atoms with Gasteiger partial charge in [0.2, 0.25) is 11.9 Å². The molecule has 204 valence electrons. The number of hydrogen-bond acceptors (Lipinski definition) is 10. The van der Waals surface area contributed by atoms with Gasteiger partial charge in [-0.1, -0.05) is 0 Å². The molecule has 0 saturated carbocycles. The lowest BCUT2D eigenvalue weighted by molar-refractivity contribution is -0.180. The largest absolute Gasteiger partial charge is 0.461 e. The van der Waals surface area contributed by atoms with Crippen LogP contribution in [0.1, 0.15) is 83.1 Å². The molecule has 2 atom stereocenters. The summed E-state index contributed by atoms with van der Waals surface area (Å²) in [5.41, 5.74) is -3.82. The van der Waals surface area contributed by atoms with Crippen LogP contribution in [0.5, 0.6) is 0 Å². The second kappa shape index (κ2) is 10.6. The lowest BCUT2D eigenvalue weighted by atomic mass is 9.96. The van der Waals surface area contributed by atoms with Crippen LogP contribution in [0.4, 0.5) is 0 Å². The molecular formula is C26H40O10. The predicted octanol–water partition coefficient (Wildman–Crippen LogP) is 3.85. The highest BCUT2D eigenvalue weighted by molar-refractivity contribution is 5.94. The molecule has 0 radical (unpaired) electrons. The second-order valence-corrected chi connectivity index (χ2v) is 12.8. The Morgan fingerprint density at radius 1 is 0.694 bits per heavy atom. The van der Waals surface area contributed by atoms with Crippen LogP contribution in [-0.4, -0.2) is 48.7 Å². The smallest absolute Gasteiger partial charge is 0.379 e. The van der Waals surface area contributed by atoms with Crippen LogP contribution in [0, 0.1) is 21.7 Å². The minimum Gasteiger partial charge on any atom is -0.461 e. The molecular weight excluding hydrogens is 472 g/mol. The summed E-state index contributed by atoms with van der Waals surface area (Å²) in [5.74, 6) is -4.96. The number of carbonyl (C=O) groups is 5. The summed E-state index contributed by atoms with van der Waals surface area (Å²) in [4.78, 5) is 63.2. The maximum atomic E-state index is 12.8. The lowest BCUT2D eigenvalue weighted by Gasteiger charge is -2.28. The van der Waals surface area contributed by atoms with Crippen LogP contribution in [-0.2, 0) is 47.7 Å². The van der Waals surface area contributed by atoms with Gasteiger partial charge in [0.1, 0.15) is 6.61 Å². The molecule has 10 heteroatoms. The Labute approximate surface area is 213 Å². The van der Waals surface area contributed by atoms with Gasteiger partial charge < -0.3 is 23.7 Å². The first-order valence-corrected chi connectivity index (χ1v) is 11.7. The van der Waals surface area contributed by atoms with Crippen LogP contribution in [0.15, 0.2) is 11.5 Å². The van der Waals surface area contributed by atoms with Crippen molar-refractivity contribution in [2.75, 3.05) is 6.61 Å². The van der Waals surface area contributed by atoms with Crippen molar-refractivity contribution in [1.29, 1.82) is 0 Å². The number of rotatable bonds is 6. The normalized spacial score (nSPS) is 17.8. The molecule has 1 aliphatic rings. The molecule has 0 spiro atoms. The summed E-state index contributed by atoms with van der Waals surface area (Å²) >= 11 is 0. The molecule has 0 aliphatic carbocycles. The predicted molar refractivity (Wildman–Crippen MR) is 128 cm³/mol. The van der Waals surface area contributed by atoms with Gasteiger partial charge in [0.25, 0.3) is 5.76 Å². The van der Waals surface area contributed by atoms with Crippen molar-refractivity contribution in [2.45, 2.75) is 95.3 Å². The van der Waals surface area contributed by atoms with Gasteiger partial charge in [-0.25, -0.2) is 4.79 Å². The van der Waals surface area contributed by atoms with Gasteiger partial charge in [-0.15, -0.1) is 0 Å². The zero-order valence-corrected chi connectivity index (χ0v) is 23.4. The molecule has 0 bridgehead atoms. The first-order chi connectivity index (χ1) is 16.0. The first-order valence-electron chi connectivity index (χ1n) is 11.7. The highest BCUT2D eigenvalue weighted by Gasteiger charge is 2.49. The number of ether oxygens (including phenoxy) is 5. The van der Waals surface area contributed by atoms with E-state index in [1.807, 2.05) is 0 Å². The molecule has 1 aliphatic heterocycles. The summed E-state index contributed by atoms with van der Waals surface area (Å²) in [7, 11) is 0. The molecule has 0 aromatic heterocycles. The molecule has 0 amide bonds. The zero-order valence-electron chi connectivity index (χ0n) is 23.4. The number of hydrogen-bond donors (Lipinski definition) is 0.